The van der Waals surface area contributed by atoms with Gasteiger partial charge in [0.1, 0.15) is 12.1 Å². The molecule has 25 heavy (non-hydrogen) atoms. The third-order valence-corrected chi connectivity index (χ3v) is 6.70. The molecule has 3 rings (SSSR count). The molecule has 2 saturated carbocycles. The molecule has 140 valence electrons. The normalized spacial score (nSPS) is 29.4. The van der Waals surface area contributed by atoms with Crippen molar-refractivity contribution in [1.82, 2.24) is 14.7 Å². The average molecular weight is 349 g/mol. The lowest BCUT2D eigenvalue weighted by Crippen LogP contribution is -2.50. The molecule has 0 radical (unpaired) electrons. The molecular formula is C19H31N3O3. The van der Waals surface area contributed by atoms with Gasteiger partial charge in [0.2, 0.25) is 5.91 Å². The van der Waals surface area contributed by atoms with Crippen LogP contribution in [0.1, 0.15) is 64.7 Å². The molecule has 0 N–H and O–H groups in total. The van der Waals surface area contributed by atoms with E-state index in [1.54, 1.807) is 16.8 Å². The summed E-state index contributed by atoms with van der Waals surface area (Å²) in [7, 11) is 3.52. The molecule has 3 fully saturated rings. The van der Waals surface area contributed by atoms with Gasteiger partial charge >= 0.3 is 6.03 Å². The molecule has 0 aromatic rings. The zero-order valence-electron chi connectivity index (χ0n) is 15.8. The number of imide groups is 1. The van der Waals surface area contributed by atoms with E-state index in [-0.39, 0.29) is 30.4 Å². The summed E-state index contributed by atoms with van der Waals surface area (Å²) >= 11 is 0. The lowest BCUT2D eigenvalue weighted by molar-refractivity contribution is -0.141. The van der Waals surface area contributed by atoms with Crippen molar-refractivity contribution in [2.24, 2.45) is 5.92 Å². The number of hydrogen-bond donors (Lipinski definition) is 0. The van der Waals surface area contributed by atoms with Gasteiger partial charge in [0, 0.05) is 20.1 Å². The number of amides is 4. The van der Waals surface area contributed by atoms with Crippen LogP contribution >= 0.6 is 0 Å². The average Bonchev–Trinajstić information content (AvgIpc) is 2.79. The van der Waals surface area contributed by atoms with Gasteiger partial charge in [-0.2, -0.15) is 0 Å². The van der Waals surface area contributed by atoms with Gasteiger partial charge in [0.25, 0.3) is 5.91 Å². The molecule has 6 heteroatoms. The van der Waals surface area contributed by atoms with Gasteiger partial charge < -0.3 is 9.80 Å². The quantitative estimate of drug-likeness (QED) is 0.736. The number of nitrogens with zero attached hydrogens (tertiary/aromatic N) is 3. The van der Waals surface area contributed by atoms with Crippen LogP contribution in [0.2, 0.25) is 0 Å². The maximum absolute atomic E-state index is 13.0. The molecule has 0 aromatic heterocycles. The Morgan fingerprint density at radius 2 is 1.72 bits per heavy atom. The van der Waals surface area contributed by atoms with Crippen LogP contribution in [0.5, 0.6) is 0 Å². The second-order valence-electron chi connectivity index (χ2n) is 8.24. The van der Waals surface area contributed by atoms with Crippen molar-refractivity contribution in [3.63, 3.8) is 0 Å². The van der Waals surface area contributed by atoms with E-state index < -0.39 is 5.54 Å². The summed E-state index contributed by atoms with van der Waals surface area (Å²) in [6, 6.07) is -0.0798. The van der Waals surface area contributed by atoms with Gasteiger partial charge in [-0.25, -0.2) is 4.79 Å². The summed E-state index contributed by atoms with van der Waals surface area (Å²) < 4.78 is 0. The molecule has 3 aliphatic rings. The first-order chi connectivity index (χ1) is 11.9. The molecule has 1 aliphatic heterocycles. The number of carbonyl (C=O) groups excluding carboxylic acids is 3. The van der Waals surface area contributed by atoms with Crippen LogP contribution < -0.4 is 0 Å². The van der Waals surface area contributed by atoms with E-state index >= 15 is 0 Å². The van der Waals surface area contributed by atoms with Gasteiger partial charge in [0.15, 0.2) is 0 Å². The summed E-state index contributed by atoms with van der Waals surface area (Å²) in [5.74, 6) is 0.433. The molecule has 0 atom stereocenters. The second-order valence-corrected chi connectivity index (χ2v) is 8.24. The summed E-state index contributed by atoms with van der Waals surface area (Å²) in [5.41, 5.74) is -0.700. The molecule has 6 nitrogen and oxygen atoms in total. The fourth-order valence-corrected chi connectivity index (χ4v) is 4.75. The highest BCUT2D eigenvalue weighted by molar-refractivity contribution is 6.08. The van der Waals surface area contributed by atoms with E-state index in [1.165, 1.54) is 4.90 Å². The van der Waals surface area contributed by atoms with Crippen LogP contribution in [0.15, 0.2) is 0 Å². The van der Waals surface area contributed by atoms with E-state index in [9.17, 15) is 14.4 Å². The van der Waals surface area contributed by atoms with E-state index in [0.29, 0.717) is 0 Å². The smallest absolute Gasteiger partial charge is 0.327 e. The molecule has 1 saturated heterocycles. The lowest BCUT2D eigenvalue weighted by Gasteiger charge is -2.36. The van der Waals surface area contributed by atoms with Gasteiger partial charge in [0.05, 0.1) is 0 Å². The highest BCUT2D eigenvalue weighted by Gasteiger charge is 2.56. The predicted molar refractivity (Wildman–Crippen MR) is 94.9 cm³/mol. The fourth-order valence-electron chi connectivity index (χ4n) is 4.75. The summed E-state index contributed by atoms with van der Waals surface area (Å²) in [6.07, 6.45) is 8.76. The fraction of sp³-hybridized carbons (Fsp3) is 0.842. The zero-order valence-corrected chi connectivity index (χ0v) is 15.8. The number of carbonyl (C=O) groups is 3. The van der Waals surface area contributed by atoms with Crippen LogP contribution in [0.4, 0.5) is 4.79 Å². The minimum atomic E-state index is -0.700. The van der Waals surface area contributed by atoms with Crippen molar-refractivity contribution >= 4 is 17.8 Å². The Morgan fingerprint density at radius 3 is 2.32 bits per heavy atom. The Balaban J connectivity index is 1.66. The third kappa shape index (κ3) is 3.15. The van der Waals surface area contributed by atoms with Crippen LogP contribution in [-0.4, -0.2) is 64.8 Å². The zero-order chi connectivity index (χ0) is 18.2. The Labute approximate surface area is 150 Å². The molecule has 1 heterocycles. The first-order valence-electron chi connectivity index (χ1n) is 9.72. The SMILES string of the molecule is CC1CCC(N(C)C(=O)CN2C(=O)N(C)C3(CCCCC3)C2=O)CC1. The van der Waals surface area contributed by atoms with Gasteiger partial charge in [-0.05, 0) is 44.4 Å². The molecule has 4 amide bonds. The molecule has 0 aromatic carbocycles. The van der Waals surface area contributed by atoms with Crippen LogP contribution in [0, 0.1) is 5.92 Å². The summed E-state index contributed by atoms with van der Waals surface area (Å²) in [4.78, 5) is 42.8. The van der Waals surface area contributed by atoms with Crippen LogP contribution in [-0.2, 0) is 9.59 Å². The monoisotopic (exact) mass is 349 g/mol. The van der Waals surface area contributed by atoms with E-state index in [2.05, 4.69) is 6.92 Å². The first-order valence-corrected chi connectivity index (χ1v) is 9.72. The van der Waals surface area contributed by atoms with E-state index in [1.807, 2.05) is 7.05 Å². The Kier molecular flexibility index (Phi) is 5.07. The van der Waals surface area contributed by atoms with Crippen molar-refractivity contribution in [3.8, 4) is 0 Å². The van der Waals surface area contributed by atoms with E-state index in [0.717, 1.165) is 63.7 Å². The molecule has 1 spiro atoms. The molecular weight excluding hydrogens is 318 g/mol. The minimum Gasteiger partial charge on any atom is -0.341 e. The topological polar surface area (TPSA) is 60.9 Å². The maximum Gasteiger partial charge on any atom is 0.327 e. The van der Waals surface area contributed by atoms with Crippen molar-refractivity contribution in [1.29, 1.82) is 0 Å². The van der Waals surface area contributed by atoms with Crippen molar-refractivity contribution in [2.45, 2.75) is 76.3 Å². The second kappa shape index (κ2) is 6.96. The van der Waals surface area contributed by atoms with Crippen molar-refractivity contribution in [3.05, 3.63) is 0 Å². The molecule has 2 aliphatic carbocycles. The van der Waals surface area contributed by atoms with Crippen molar-refractivity contribution < 1.29 is 14.4 Å². The predicted octanol–water partition coefficient (Wildman–Crippen LogP) is 2.62. The largest absolute Gasteiger partial charge is 0.341 e. The molecule has 0 bridgehead atoms. The maximum atomic E-state index is 13.0. The van der Waals surface area contributed by atoms with Gasteiger partial charge in [-0.3, -0.25) is 14.5 Å². The van der Waals surface area contributed by atoms with Gasteiger partial charge in [-0.15, -0.1) is 0 Å². The summed E-state index contributed by atoms with van der Waals surface area (Å²) in [5, 5.41) is 0. The third-order valence-electron chi connectivity index (χ3n) is 6.70. The Morgan fingerprint density at radius 1 is 1.12 bits per heavy atom. The number of likely N-dealkylation sites (N-methyl/N-ethyl adjacent to an activating group) is 2. The Bertz CT molecular complexity index is 548. The standard InChI is InChI=1S/C19H31N3O3/c1-14-7-9-15(10-8-14)20(2)16(23)13-22-17(24)19(21(3)18(22)25)11-5-4-6-12-19/h14-15H,4-13H2,1-3H3. The minimum absolute atomic E-state index is 0.119. The number of urea groups is 1. The molecule has 0 unspecified atom stereocenters. The Hall–Kier alpha value is -1.59. The van der Waals surface area contributed by atoms with E-state index in [4.69, 9.17) is 0 Å². The van der Waals surface area contributed by atoms with Gasteiger partial charge in [-0.1, -0.05) is 26.2 Å². The highest BCUT2D eigenvalue weighted by atomic mass is 16.2. The van der Waals surface area contributed by atoms with Crippen molar-refractivity contribution in [2.75, 3.05) is 20.6 Å². The van der Waals surface area contributed by atoms with Crippen LogP contribution in [0.3, 0.4) is 0 Å². The highest BCUT2D eigenvalue weighted by Crippen LogP contribution is 2.39. The summed E-state index contributed by atoms with van der Waals surface area (Å²) in [6.45, 7) is 2.13. The lowest BCUT2D eigenvalue weighted by atomic mass is 9.81. The number of rotatable bonds is 3. The van der Waals surface area contributed by atoms with Crippen LogP contribution in [0.25, 0.3) is 0 Å². The number of hydrogen-bond acceptors (Lipinski definition) is 3. The first kappa shape index (κ1) is 18.2.